The first kappa shape index (κ1) is 15.0. The van der Waals surface area contributed by atoms with Gasteiger partial charge in [-0.05, 0) is 0 Å². The summed E-state index contributed by atoms with van der Waals surface area (Å²) >= 11 is 2.41. The molecule has 2 heteroatoms. The van der Waals surface area contributed by atoms with Gasteiger partial charge in [0.15, 0.2) is 0 Å². The number of allylic oxidation sites excluding steroid dienone is 2. The molecule has 0 atom stereocenters. The van der Waals surface area contributed by atoms with E-state index in [1.54, 1.807) is 0 Å². The molecule has 0 aliphatic heterocycles. The number of rotatable bonds is 6. The molecule has 0 saturated heterocycles. The Hall–Kier alpha value is 1.01. The van der Waals surface area contributed by atoms with Crippen LogP contribution in [0.15, 0.2) is 12.2 Å². The average Bonchev–Trinajstić information content (AvgIpc) is 1.97. The van der Waals surface area contributed by atoms with Crippen LogP contribution in [0.25, 0.3) is 0 Å². The predicted molar refractivity (Wildman–Crippen MR) is 73.6 cm³/mol. The summed E-state index contributed by atoms with van der Waals surface area (Å²) < 4.78 is 4.24. The van der Waals surface area contributed by atoms with E-state index in [0.717, 1.165) is 11.8 Å². The zero-order valence-electron chi connectivity index (χ0n) is 10.2. The van der Waals surface area contributed by atoms with Crippen LogP contribution in [0.3, 0.4) is 0 Å². The molecular weight excluding hydrogens is 352 g/mol. The topological polar surface area (TPSA) is 0 Å². The summed E-state index contributed by atoms with van der Waals surface area (Å²) in [6, 6.07) is 0. The van der Waals surface area contributed by atoms with Crippen LogP contribution < -0.4 is 0 Å². The van der Waals surface area contributed by atoms with Crippen LogP contribution in [0, 0.1) is 11.8 Å². The van der Waals surface area contributed by atoms with Gasteiger partial charge in [0.25, 0.3) is 0 Å². The first-order chi connectivity index (χ1) is 6.39. The summed E-state index contributed by atoms with van der Waals surface area (Å²) in [5.74, 6) is 1.69. The van der Waals surface area contributed by atoms with Crippen molar-refractivity contribution in [2.45, 2.75) is 48.0 Å². The van der Waals surface area contributed by atoms with E-state index in [4.69, 9.17) is 0 Å². The molecule has 0 N–H and O–H groups in total. The molecule has 0 unspecified atom stereocenters. The summed E-state index contributed by atoms with van der Waals surface area (Å²) in [5.41, 5.74) is 0. The van der Waals surface area contributed by atoms with Gasteiger partial charge in [-0.25, -0.2) is 0 Å². The Labute approximate surface area is 100 Å². The molecule has 0 saturated carbocycles. The minimum absolute atomic E-state index is 0.847. The van der Waals surface area contributed by atoms with Crippen molar-refractivity contribution in [1.29, 1.82) is 0 Å². The molecular formula is C12H25BrTe. The van der Waals surface area contributed by atoms with E-state index in [2.05, 4.69) is 59.5 Å². The average molecular weight is 377 g/mol. The maximum atomic E-state index is 4.13. The quantitative estimate of drug-likeness (QED) is 0.440. The second-order valence-corrected chi connectivity index (χ2v) is 22.2. The SMILES string of the molecule is C/C=C\C[Te](Br)(CC(C)C)CC(C)C. The van der Waals surface area contributed by atoms with Crippen molar-refractivity contribution in [3.63, 3.8) is 0 Å². The molecule has 0 radical (unpaired) electrons. The molecule has 14 heavy (non-hydrogen) atoms. The molecule has 0 aliphatic carbocycles. The Morgan fingerprint density at radius 2 is 1.50 bits per heavy atom. The third-order valence-electron chi connectivity index (χ3n) is 1.89. The molecule has 86 valence electrons. The van der Waals surface area contributed by atoms with Gasteiger partial charge in [-0.2, -0.15) is 0 Å². The Bertz CT molecular complexity index is 163. The summed E-state index contributed by atoms with van der Waals surface area (Å²) in [6.07, 6.45) is 4.56. The molecule has 0 aliphatic rings. The van der Waals surface area contributed by atoms with Crippen molar-refractivity contribution in [1.82, 2.24) is 0 Å². The Morgan fingerprint density at radius 1 is 1.07 bits per heavy atom. The molecule has 0 rings (SSSR count). The molecule has 0 spiro atoms. The van der Waals surface area contributed by atoms with Crippen LogP contribution in [0.2, 0.25) is 13.4 Å². The van der Waals surface area contributed by atoms with Gasteiger partial charge >= 0.3 is 101 Å². The minimum atomic E-state index is -1.72. The van der Waals surface area contributed by atoms with Crippen LogP contribution in [-0.4, -0.2) is 16.0 Å². The van der Waals surface area contributed by atoms with Crippen molar-refractivity contribution in [2.75, 3.05) is 0 Å². The predicted octanol–water partition coefficient (Wildman–Crippen LogP) is 5.21. The van der Waals surface area contributed by atoms with E-state index in [1.165, 1.54) is 13.4 Å². The Kier molecular flexibility index (Phi) is 7.84. The third kappa shape index (κ3) is 7.32. The third-order valence-corrected chi connectivity index (χ3v) is 16.7. The summed E-state index contributed by atoms with van der Waals surface area (Å²) in [4.78, 5) is 0. The van der Waals surface area contributed by atoms with Gasteiger partial charge in [0.1, 0.15) is 0 Å². The zero-order valence-corrected chi connectivity index (χ0v) is 14.1. The molecule has 0 nitrogen and oxygen atoms in total. The molecule has 0 aromatic rings. The summed E-state index contributed by atoms with van der Waals surface area (Å²) in [7, 11) is 0. The normalized spacial score (nSPS) is 14.6. The van der Waals surface area contributed by atoms with Crippen molar-refractivity contribution in [3.05, 3.63) is 12.2 Å². The molecule has 0 bridgehead atoms. The first-order valence-corrected chi connectivity index (χ1v) is 15.6. The molecule has 0 heterocycles. The standard InChI is InChI=1S/C12H25BrTe/c1-6-7-8-14(13,9-11(2)3)10-12(4)5/h6-7,11-12H,8-10H2,1-5H3/b7-6-. The second kappa shape index (κ2) is 7.31. The molecule has 0 aromatic carbocycles. The molecule has 0 amide bonds. The van der Waals surface area contributed by atoms with Gasteiger partial charge in [-0.1, -0.05) is 0 Å². The van der Waals surface area contributed by atoms with Gasteiger partial charge < -0.3 is 0 Å². The Balaban J connectivity index is 4.32. The monoisotopic (exact) mass is 378 g/mol. The van der Waals surface area contributed by atoms with Crippen LogP contribution in [0.1, 0.15) is 34.6 Å². The second-order valence-electron chi connectivity index (χ2n) is 4.80. The summed E-state index contributed by atoms with van der Waals surface area (Å²) in [6.45, 7) is 11.5. The number of hydrogen-bond donors (Lipinski definition) is 0. The summed E-state index contributed by atoms with van der Waals surface area (Å²) in [5, 5.41) is 0. The van der Waals surface area contributed by atoms with Crippen LogP contribution in [0.5, 0.6) is 0 Å². The van der Waals surface area contributed by atoms with E-state index in [1.807, 2.05) is 0 Å². The van der Waals surface area contributed by atoms with Gasteiger partial charge in [-0.3, -0.25) is 0 Å². The first-order valence-electron chi connectivity index (χ1n) is 5.47. The van der Waals surface area contributed by atoms with E-state index in [9.17, 15) is 0 Å². The van der Waals surface area contributed by atoms with Gasteiger partial charge in [-0.15, -0.1) is 0 Å². The van der Waals surface area contributed by atoms with Crippen LogP contribution in [0.4, 0.5) is 0 Å². The maximum absolute atomic E-state index is 4.13. The van der Waals surface area contributed by atoms with Crippen LogP contribution >= 0.6 is 12.8 Å². The van der Waals surface area contributed by atoms with Crippen molar-refractivity contribution in [3.8, 4) is 0 Å². The van der Waals surface area contributed by atoms with E-state index in [-0.39, 0.29) is 0 Å². The number of hydrogen-bond acceptors (Lipinski definition) is 0. The Morgan fingerprint density at radius 3 is 1.79 bits per heavy atom. The van der Waals surface area contributed by atoms with Gasteiger partial charge in [0, 0.05) is 0 Å². The van der Waals surface area contributed by atoms with Gasteiger partial charge in [0.05, 0.1) is 0 Å². The fourth-order valence-corrected chi connectivity index (χ4v) is 19.3. The number of halogens is 1. The zero-order chi connectivity index (χ0) is 11.2. The molecule has 0 aromatic heterocycles. The van der Waals surface area contributed by atoms with E-state index < -0.39 is 16.0 Å². The van der Waals surface area contributed by atoms with E-state index in [0.29, 0.717) is 0 Å². The van der Waals surface area contributed by atoms with Crippen molar-refractivity contribution >= 4 is 28.7 Å². The molecule has 0 fully saturated rings. The van der Waals surface area contributed by atoms with Crippen molar-refractivity contribution in [2.24, 2.45) is 11.8 Å². The van der Waals surface area contributed by atoms with Crippen LogP contribution in [-0.2, 0) is 0 Å². The van der Waals surface area contributed by atoms with Gasteiger partial charge in [0.2, 0.25) is 0 Å². The van der Waals surface area contributed by atoms with E-state index >= 15 is 0 Å². The fraction of sp³-hybridized carbons (Fsp3) is 0.833. The fourth-order valence-electron chi connectivity index (χ4n) is 1.67. The van der Waals surface area contributed by atoms with Crippen molar-refractivity contribution < 1.29 is 0 Å².